The zero-order valence-corrected chi connectivity index (χ0v) is 17.4. The van der Waals surface area contributed by atoms with Crippen LogP contribution in [-0.4, -0.2) is 38.4 Å². The summed E-state index contributed by atoms with van der Waals surface area (Å²) in [6, 6.07) is 5.22. The number of sulfonamides is 1. The second-order valence-electron chi connectivity index (χ2n) is 5.90. The number of nitro benzene ring substituents is 1. The lowest BCUT2D eigenvalue weighted by Gasteiger charge is -2.23. The number of aliphatic imine (C=N–C) groups is 1. The number of hydrogen-bond donors (Lipinski definition) is 3. The number of benzene rings is 1. The van der Waals surface area contributed by atoms with E-state index in [9.17, 15) is 18.5 Å². The molecule has 0 aromatic heterocycles. The molecule has 4 N–H and O–H groups in total. The van der Waals surface area contributed by atoms with Crippen LogP contribution in [0.2, 0.25) is 0 Å². The zero-order chi connectivity index (χ0) is 18.3. The van der Waals surface area contributed by atoms with Crippen LogP contribution in [-0.2, 0) is 10.0 Å². The molecule has 1 aliphatic carbocycles. The third-order valence-electron chi connectivity index (χ3n) is 3.98. The Morgan fingerprint density at radius 2 is 2.00 bits per heavy atom. The molecule has 1 aromatic rings. The van der Waals surface area contributed by atoms with Gasteiger partial charge in [0, 0.05) is 24.7 Å². The highest BCUT2D eigenvalue weighted by Crippen LogP contribution is 2.17. The number of nitro groups is 1. The van der Waals surface area contributed by atoms with Gasteiger partial charge in [-0.2, -0.15) is 0 Å². The first-order valence-corrected chi connectivity index (χ1v) is 9.67. The van der Waals surface area contributed by atoms with E-state index in [-0.39, 0.29) is 47.6 Å². The molecule has 1 saturated carbocycles. The van der Waals surface area contributed by atoms with Crippen molar-refractivity contribution in [2.45, 2.75) is 43.0 Å². The molecule has 146 valence electrons. The summed E-state index contributed by atoms with van der Waals surface area (Å²) in [4.78, 5) is 14.0. The smallest absolute Gasteiger partial charge is 0.270 e. The molecule has 1 fully saturated rings. The molecule has 0 unspecified atom stereocenters. The maximum absolute atomic E-state index is 12.1. The first kappa shape index (κ1) is 22.6. The van der Waals surface area contributed by atoms with E-state index in [2.05, 4.69) is 15.0 Å². The van der Waals surface area contributed by atoms with Crippen molar-refractivity contribution < 1.29 is 13.3 Å². The fraction of sp³-hybridized carbons (Fsp3) is 0.533. The summed E-state index contributed by atoms with van der Waals surface area (Å²) >= 11 is 0. The Morgan fingerprint density at radius 3 is 2.65 bits per heavy atom. The number of nitrogens with two attached hydrogens (primary N) is 1. The number of nitrogens with zero attached hydrogens (tertiary/aromatic N) is 2. The van der Waals surface area contributed by atoms with Gasteiger partial charge in [0.25, 0.3) is 5.69 Å². The van der Waals surface area contributed by atoms with E-state index in [0.29, 0.717) is 12.0 Å². The minimum absolute atomic E-state index is 0. The summed E-state index contributed by atoms with van der Waals surface area (Å²) in [5.41, 5.74) is 5.53. The number of non-ortho nitro benzene ring substituents is 1. The summed E-state index contributed by atoms with van der Waals surface area (Å²) in [7, 11) is -3.83. The molecule has 0 saturated heterocycles. The average molecular weight is 497 g/mol. The standard InChI is InChI=1S/C15H23N5O4S.HI/c16-15(19-12-5-2-1-3-6-12)17-9-10-18-25(23,24)14-8-4-7-13(11-14)20(21)22;/h4,7-8,11-12,18H,1-3,5-6,9-10H2,(H3,16,17,19);1H. The summed E-state index contributed by atoms with van der Waals surface area (Å²) in [5.74, 6) is 0.307. The van der Waals surface area contributed by atoms with Crippen LogP contribution < -0.4 is 15.8 Å². The van der Waals surface area contributed by atoms with E-state index in [0.717, 1.165) is 18.9 Å². The quantitative estimate of drug-likeness (QED) is 0.131. The topological polar surface area (TPSA) is 140 Å². The molecule has 11 heteroatoms. The summed E-state index contributed by atoms with van der Waals surface area (Å²) in [6.45, 7) is 0.234. The van der Waals surface area contributed by atoms with Gasteiger partial charge in [0.05, 0.1) is 16.4 Å². The Kier molecular flexibility index (Phi) is 9.22. The van der Waals surface area contributed by atoms with Crippen LogP contribution in [0.4, 0.5) is 5.69 Å². The minimum Gasteiger partial charge on any atom is -0.370 e. The SMILES string of the molecule is I.NC(=NCCNS(=O)(=O)c1cccc([N+](=O)[O-])c1)NC1CCCCC1. The molecule has 0 heterocycles. The van der Waals surface area contributed by atoms with Crippen LogP contribution in [0, 0.1) is 10.1 Å². The number of nitrogens with one attached hydrogen (secondary N) is 2. The Bertz CT molecular complexity index is 735. The molecular formula is C15H24IN5O4S. The molecule has 0 radical (unpaired) electrons. The first-order chi connectivity index (χ1) is 11.9. The number of halogens is 1. The lowest BCUT2D eigenvalue weighted by Crippen LogP contribution is -2.41. The molecule has 0 aliphatic heterocycles. The normalized spacial score (nSPS) is 15.9. The van der Waals surface area contributed by atoms with Gasteiger partial charge in [-0.25, -0.2) is 13.1 Å². The van der Waals surface area contributed by atoms with Gasteiger partial charge in [-0.1, -0.05) is 25.3 Å². The predicted molar refractivity (Wildman–Crippen MR) is 110 cm³/mol. The highest BCUT2D eigenvalue weighted by molar-refractivity contribution is 14.0. The van der Waals surface area contributed by atoms with Gasteiger partial charge < -0.3 is 11.1 Å². The van der Waals surface area contributed by atoms with E-state index >= 15 is 0 Å². The molecule has 0 atom stereocenters. The van der Waals surface area contributed by atoms with Gasteiger partial charge >= 0.3 is 0 Å². The Morgan fingerprint density at radius 1 is 1.31 bits per heavy atom. The predicted octanol–water partition coefficient (Wildman–Crippen LogP) is 1.73. The van der Waals surface area contributed by atoms with Crippen molar-refractivity contribution >= 4 is 45.6 Å². The van der Waals surface area contributed by atoms with Gasteiger partial charge in [-0.05, 0) is 18.9 Å². The van der Waals surface area contributed by atoms with Gasteiger partial charge in [-0.3, -0.25) is 15.1 Å². The van der Waals surface area contributed by atoms with Gasteiger partial charge in [0.1, 0.15) is 0 Å². The van der Waals surface area contributed by atoms with Crippen molar-refractivity contribution in [1.82, 2.24) is 10.0 Å². The molecule has 0 spiro atoms. The van der Waals surface area contributed by atoms with Crippen LogP contribution in [0.1, 0.15) is 32.1 Å². The van der Waals surface area contributed by atoms with Crippen LogP contribution in [0.25, 0.3) is 0 Å². The minimum atomic E-state index is -3.83. The molecule has 1 aromatic carbocycles. The average Bonchev–Trinajstić information content (AvgIpc) is 2.60. The maximum atomic E-state index is 12.1. The van der Waals surface area contributed by atoms with Crippen molar-refractivity contribution in [3.05, 3.63) is 34.4 Å². The van der Waals surface area contributed by atoms with Crippen LogP contribution in [0.5, 0.6) is 0 Å². The lowest BCUT2D eigenvalue weighted by molar-refractivity contribution is -0.385. The van der Waals surface area contributed by atoms with Crippen LogP contribution in [0.15, 0.2) is 34.2 Å². The van der Waals surface area contributed by atoms with E-state index in [1.54, 1.807) is 0 Å². The van der Waals surface area contributed by atoms with E-state index in [1.165, 1.54) is 37.5 Å². The molecule has 0 amide bonds. The highest BCUT2D eigenvalue weighted by Gasteiger charge is 2.17. The van der Waals surface area contributed by atoms with E-state index < -0.39 is 14.9 Å². The first-order valence-electron chi connectivity index (χ1n) is 8.19. The molecule has 1 aliphatic rings. The van der Waals surface area contributed by atoms with Crippen molar-refractivity contribution in [2.75, 3.05) is 13.1 Å². The zero-order valence-electron chi connectivity index (χ0n) is 14.3. The highest BCUT2D eigenvalue weighted by atomic mass is 127. The Balaban J connectivity index is 0.00000338. The molecule has 9 nitrogen and oxygen atoms in total. The maximum Gasteiger partial charge on any atom is 0.270 e. The van der Waals surface area contributed by atoms with E-state index in [1.807, 2.05) is 0 Å². The number of hydrogen-bond acceptors (Lipinski definition) is 5. The summed E-state index contributed by atoms with van der Waals surface area (Å²) in [6.07, 6.45) is 5.72. The Hall–Kier alpha value is -1.47. The van der Waals surface area contributed by atoms with E-state index in [4.69, 9.17) is 5.73 Å². The van der Waals surface area contributed by atoms with Gasteiger partial charge in [-0.15, -0.1) is 24.0 Å². The number of rotatable bonds is 7. The third-order valence-corrected chi connectivity index (χ3v) is 5.44. The second-order valence-corrected chi connectivity index (χ2v) is 7.67. The fourth-order valence-electron chi connectivity index (χ4n) is 2.71. The van der Waals surface area contributed by atoms with Crippen LogP contribution in [0.3, 0.4) is 0 Å². The van der Waals surface area contributed by atoms with Crippen molar-refractivity contribution in [3.63, 3.8) is 0 Å². The number of guanidine groups is 1. The molecule has 26 heavy (non-hydrogen) atoms. The fourth-order valence-corrected chi connectivity index (χ4v) is 3.77. The van der Waals surface area contributed by atoms with Crippen molar-refractivity contribution in [1.29, 1.82) is 0 Å². The third kappa shape index (κ3) is 7.03. The summed E-state index contributed by atoms with van der Waals surface area (Å²) in [5, 5.41) is 13.9. The molecule has 0 bridgehead atoms. The largest absolute Gasteiger partial charge is 0.370 e. The Labute approximate surface area is 170 Å². The summed E-state index contributed by atoms with van der Waals surface area (Å²) < 4.78 is 26.6. The molecule has 2 rings (SSSR count). The van der Waals surface area contributed by atoms with Crippen molar-refractivity contribution in [3.8, 4) is 0 Å². The van der Waals surface area contributed by atoms with Gasteiger partial charge in [0.15, 0.2) is 5.96 Å². The molecular weight excluding hydrogens is 473 g/mol. The lowest BCUT2D eigenvalue weighted by atomic mass is 9.96. The van der Waals surface area contributed by atoms with Crippen LogP contribution >= 0.6 is 24.0 Å². The second kappa shape index (κ2) is 10.6. The van der Waals surface area contributed by atoms with Crippen molar-refractivity contribution in [2.24, 2.45) is 10.7 Å². The monoisotopic (exact) mass is 497 g/mol. The van der Waals surface area contributed by atoms with Gasteiger partial charge in [0.2, 0.25) is 10.0 Å².